The molecule has 0 amide bonds. The third-order valence-corrected chi connectivity index (χ3v) is 18.0. The summed E-state index contributed by atoms with van der Waals surface area (Å²) in [5, 5.41) is 4.29. The van der Waals surface area contributed by atoms with Crippen molar-refractivity contribution in [3.63, 3.8) is 0 Å². The van der Waals surface area contributed by atoms with Crippen molar-refractivity contribution in [1.82, 2.24) is 15.0 Å². The summed E-state index contributed by atoms with van der Waals surface area (Å²) in [6.45, 7) is 0. The van der Waals surface area contributed by atoms with Crippen molar-refractivity contribution in [1.29, 1.82) is 0 Å². The molecule has 10 rings (SSSR count). The van der Waals surface area contributed by atoms with Gasteiger partial charge in [0, 0.05) is 16.7 Å². The molecular weight excluding hydrogens is 765 g/mol. The Balaban J connectivity index is 0.914. The van der Waals surface area contributed by atoms with Gasteiger partial charge in [0.25, 0.3) is 0 Å². The molecule has 264 valence electrons. The summed E-state index contributed by atoms with van der Waals surface area (Å²) in [5.74, 6) is 0.180. The minimum absolute atomic E-state index is 0.644. The van der Waals surface area contributed by atoms with E-state index >= 15 is 0 Å². The van der Waals surface area contributed by atoms with Gasteiger partial charge in [-0.25, -0.2) is 15.0 Å². The first-order valence-electron chi connectivity index (χ1n) is 18.7. The molecule has 5 heteroatoms. The fraction of sp³-hybridized carbons (Fsp3) is 0. The number of benzene rings is 8. The van der Waals surface area contributed by atoms with E-state index in [1.54, 1.807) is 0 Å². The van der Waals surface area contributed by atoms with E-state index in [0.717, 1.165) is 33.4 Å². The van der Waals surface area contributed by atoms with Gasteiger partial charge in [-0.3, -0.25) is 0 Å². The molecular formula is C51H35N3PSe+. The second-order valence-electron chi connectivity index (χ2n) is 14.0. The zero-order valence-corrected chi connectivity index (χ0v) is 33.1. The SMILES string of the molecule is [SeH][P+]1(c2ccc(-c3ccc(-c4ccc(-c5nc(-c6ccccc6)nc(-c6ccc(-c7ccccc7)cc6)n5)cc4)cc3)cc2)c2ccccc2-c2ccccc21. The van der Waals surface area contributed by atoms with Crippen molar-refractivity contribution in [2.45, 2.75) is 0 Å². The zero-order chi connectivity index (χ0) is 37.5. The summed E-state index contributed by atoms with van der Waals surface area (Å²) < 4.78 is 0. The number of fused-ring (bicyclic) bond motifs is 3. The molecule has 0 atom stereocenters. The quantitative estimate of drug-likeness (QED) is 0.119. The van der Waals surface area contributed by atoms with Crippen LogP contribution in [0.4, 0.5) is 0 Å². The van der Waals surface area contributed by atoms with Crippen molar-refractivity contribution >= 4 is 37.4 Å². The Kier molecular flexibility index (Phi) is 8.81. The zero-order valence-electron chi connectivity index (χ0n) is 30.4. The number of aromatic nitrogens is 3. The molecule has 1 aromatic heterocycles. The van der Waals surface area contributed by atoms with Crippen molar-refractivity contribution in [3.05, 3.63) is 206 Å². The van der Waals surface area contributed by atoms with Crippen molar-refractivity contribution in [2.24, 2.45) is 0 Å². The van der Waals surface area contributed by atoms with Crippen LogP contribution in [-0.4, -0.2) is 30.5 Å². The molecule has 0 saturated heterocycles. The molecule has 0 radical (unpaired) electrons. The van der Waals surface area contributed by atoms with E-state index in [9.17, 15) is 0 Å². The Morgan fingerprint density at radius 3 is 0.929 bits per heavy atom. The normalized spacial score (nSPS) is 12.5. The first kappa shape index (κ1) is 34.2. The monoisotopic (exact) mass is 800 g/mol. The fourth-order valence-electron chi connectivity index (χ4n) is 7.70. The Morgan fingerprint density at radius 1 is 0.268 bits per heavy atom. The molecule has 56 heavy (non-hydrogen) atoms. The van der Waals surface area contributed by atoms with Crippen molar-refractivity contribution < 1.29 is 0 Å². The average molecular weight is 800 g/mol. The van der Waals surface area contributed by atoms with Gasteiger partial charge in [0.05, 0.1) is 0 Å². The van der Waals surface area contributed by atoms with Gasteiger partial charge in [0.2, 0.25) is 0 Å². The third-order valence-electron chi connectivity index (χ3n) is 10.6. The molecule has 0 bridgehead atoms. The van der Waals surface area contributed by atoms with Crippen molar-refractivity contribution in [2.75, 3.05) is 0 Å². The summed E-state index contributed by atoms with van der Waals surface area (Å²) in [7, 11) is 0. The van der Waals surface area contributed by atoms with Crippen LogP contribution in [0.2, 0.25) is 0 Å². The first-order chi connectivity index (χ1) is 27.6. The topological polar surface area (TPSA) is 38.7 Å². The number of nitrogens with zero attached hydrogens (tertiary/aromatic N) is 3. The van der Waals surface area contributed by atoms with Crippen LogP contribution in [0, 0.1) is 0 Å². The molecule has 1 aliphatic heterocycles. The van der Waals surface area contributed by atoms with E-state index in [2.05, 4.69) is 185 Å². The van der Waals surface area contributed by atoms with Crippen LogP contribution >= 0.6 is 5.95 Å². The van der Waals surface area contributed by atoms with E-state index in [4.69, 9.17) is 15.0 Å². The van der Waals surface area contributed by atoms with Crippen LogP contribution in [0.15, 0.2) is 206 Å². The molecule has 1 aliphatic rings. The van der Waals surface area contributed by atoms with Gasteiger partial charge >= 0.3 is 192 Å². The molecule has 0 aliphatic carbocycles. The number of hydrogen-bond acceptors (Lipinski definition) is 3. The van der Waals surface area contributed by atoms with Crippen LogP contribution in [-0.2, 0) is 0 Å². The molecule has 0 saturated carbocycles. The van der Waals surface area contributed by atoms with Crippen molar-refractivity contribution in [3.8, 4) is 78.7 Å². The molecule has 3 nitrogen and oxygen atoms in total. The summed E-state index contributed by atoms with van der Waals surface area (Å²) >= 11 is 3.09. The molecule has 2 heterocycles. The maximum atomic E-state index is 4.99. The fourth-order valence-corrected chi connectivity index (χ4v) is 13.8. The predicted molar refractivity (Wildman–Crippen MR) is 237 cm³/mol. The number of hydrogen-bond donors (Lipinski definition) is 0. The van der Waals surface area contributed by atoms with Gasteiger partial charge in [0.15, 0.2) is 17.5 Å². The molecule has 0 spiro atoms. The van der Waals surface area contributed by atoms with Gasteiger partial charge in [0.1, 0.15) is 0 Å². The van der Waals surface area contributed by atoms with Crippen LogP contribution in [0.3, 0.4) is 0 Å². The van der Waals surface area contributed by atoms with Crippen LogP contribution in [0.25, 0.3) is 78.7 Å². The van der Waals surface area contributed by atoms with Crippen LogP contribution in [0.1, 0.15) is 0 Å². The maximum absolute atomic E-state index is 4.99. The Labute approximate surface area is 335 Å². The molecule has 8 aromatic carbocycles. The van der Waals surface area contributed by atoms with Gasteiger partial charge in [-0.05, 0) is 11.1 Å². The van der Waals surface area contributed by atoms with Gasteiger partial charge < -0.3 is 0 Å². The Morgan fingerprint density at radius 2 is 0.536 bits per heavy atom. The summed E-state index contributed by atoms with van der Waals surface area (Å²) in [5.41, 5.74) is 12.6. The summed E-state index contributed by atoms with van der Waals surface area (Å²) in [6.07, 6.45) is 0. The second-order valence-corrected chi connectivity index (χ2v) is 20.5. The summed E-state index contributed by atoms with van der Waals surface area (Å²) in [6, 6.07) is 73.4. The van der Waals surface area contributed by atoms with E-state index in [0.29, 0.717) is 17.5 Å². The molecule has 0 N–H and O–H groups in total. The Hall–Kier alpha value is -6.28. The predicted octanol–water partition coefficient (Wildman–Crippen LogP) is 11.0. The third kappa shape index (κ3) is 6.19. The van der Waals surface area contributed by atoms with Crippen LogP contribution < -0.4 is 15.9 Å². The first-order valence-corrected chi connectivity index (χ1v) is 23.0. The van der Waals surface area contributed by atoms with Gasteiger partial charge in [-0.2, -0.15) is 0 Å². The standard InChI is InChI=1S/C51H35N3PSe/c56-55(47-17-9-7-15-45(47)46-16-8-10-18-48(46)55)44-33-31-40(32-34-44)38-21-19-37(20-22-38)39-25-29-43(30-26-39)51-53-49(41-13-5-2-6-14-41)52-50(54-51)42-27-23-36(24-28-42)35-11-3-1-4-12-35/h1-34,56H/q+1. The average Bonchev–Trinajstić information content (AvgIpc) is 3.55. The molecule has 0 fully saturated rings. The van der Waals surface area contributed by atoms with Gasteiger partial charge in [-0.15, -0.1) is 0 Å². The molecule has 0 unspecified atom stereocenters. The van der Waals surface area contributed by atoms with Crippen LogP contribution in [0.5, 0.6) is 0 Å². The van der Waals surface area contributed by atoms with Gasteiger partial charge in [-0.1, -0.05) is 84.9 Å². The Bertz CT molecular complexity index is 2780. The van der Waals surface area contributed by atoms with E-state index < -0.39 is 5.95 Å². The minimum atomic E-state index is -1.76. The second kappa shape index (κ2) is 14.4. The van der Waals surface area contributed by atoms with E-state index in [-0.39, 0.29) is 0 Å². The summed E-state index contributed by atoms with van der Waals surface area (Å²) in [4.78, 5) is 14.9. The number of rotatable bonds is 7. The van der Waals surface area contributed by atoms with E-state index in [1.807, 2.05) is 36.4 Å². The van der Waals surface area contributed by atoms with E-state index in [1.165, 1.54) is 43.7 Å². The molecule has 9 aromatic rings.